The number of ether oxygens (including phenoxy) is 1. The molecule has 0 aliphatic carbocycles. The normalized spacial score (nSPS) is 9.77. The van der Waals surface area contributed by atoms with E-state index in [-0.39, 0.29) is 10.8 Å². The maximum absolute atomic E-state index is 11.2. The van der Waals surface area contributed by atoms with E-state index in [1.807, 2.05) is 0 Å². The molecule has 0 atom stereocenters. The van der Waals surface area contributed by atoms with E-state index >= 15 is 0 Å². The molecule has 0 aliphatic heterocycles. The van der Waals surface area contributed by atoms with E-state index in [9.17, 15) is 4.79 Å². The highest BCUT2D eigenvalue weighted by atomic mass is 35.5. The van der Waals surface area contributed by atoms with Gasteiger partial charge in [0.2, 0.25) is 0 Å². The second-order valence-electron chi connectivity index (χ2n) is 2.35. The number of rotatable bonds is 2. The van der Waals surface area contributed by atoms with Gasteiger partial charge in [0.1, 0.15) is 5.15 Å². The fourth-order valence-electron chi connectivity index (χ4n) is 0.821. The van der Waals surface area contributed by atoms with Crippen LogP contribution in [0.25, 0.3) is 0 Å². The Morgan fingerprint density at radius 2 is 2.38 bits per heavy atom. The van der Waals surface area contributed by atoms with Crippen molar-refractivity contribution in [2.45, 2.75) is 13.8 Å². The van der Waals surface area contributed by atoms with Crippen molar-refractivity contribution < 1.29 is 9.53 Å². The van der Waals surface area contributed by atoms with Crippen LogP contribution in [0.1, 0.15) is 23.1 Å². The van der Waals surface area contributed by atoms with Crippen molar-refractivity contribution in [1.29, 1.82) is 0 Å². The molecule has 0 aromatic carbocycles. The zero-order valence-corrected chi connectivity index (χ0v) is 8.13. The number of hydrogen-bond acceptors (Lipinski definition) is 4. The summed E-state index contributed by atoms with van der Waals surface area (Å²) in [6, 6.07) is 0. The van der Waals surface area contributed by atoms with Gasteiger partial charge >= 0.3 is 5.97 Å². The van der Waals surface area contributed by atoms with Crippen molar-refractivity contribution in [3.63, 3.8) is 0 Å². The molecule has 4 nitrogen and oxygen atoms in total. The largest absolute Gasteiger partial charge is 0.461 e. The van der Waals surface area contributed by atoms with Crippen LogP contribution in [-0.2, 0) is 4.74 Å². The van der Waals surface area contributed by atoms with Crippen molar-refractivity contribution in [1.82, 2.24) is 9.97 Å². The summed E-state index contributed by atoms with van der Waals surface area (Å²) in [5.41, 5.74) is 0.692. The number of carbonyl (C=O) groups excluding carboxylic acids is 1. The molecule has 1 aromatic rings. The Balaban J connectivity index is 2.99. The molecular formula is C8H9ClN2O2. The quantitative estimate of drug-likeness (QED) is 0.681. The minimum Gasteiger partial charge on any atom is -0.461 e. The molecule has 0 aliphatic rings. The van der Waals surface area contributed by atoms with Crippen LogP contribution in [0.5, 0.6) is 0 Å². The second kappa shape index (κ2) is 4.18. The molecule has 1 aromatic heterocycles. The van der Waals surface area contributed by atoms with Gasteiger partial charge in [-0.3, -0.25) is 4.98 Å². The number of aromatic nitrogens is 2. The van der Waals surface area contributed by atoms with Crippen LogP contribution in [0.2, 0.25) is 5.15 Å². The van der Waals surface area contributed by atoms with Crippen molar-refractivity contribution >= 4 is 17.6 Å². The summed E-state index contributed by atoms with van der Waals surface area (Å²) < 4.78 is 4.76. The first kappa shape index (κ1) is 9.92. The number of hydrogen-bond donors (Lipinski definition) is 0. The molecule has 13 heavy (non-hydrogen) atoms. The van der Waals surface area contributed by atoms with E-state index < -0.39 is 5.97 Å². The third-order valence-corrected chi connectivity index (χ3v) is 1.58. The smallest absolute Gasteiger partial charge is 0.358 e. The predicted octanol–water partition coefficient (Wildman–Crippen LogP) is 1.62. The van der Waals surface area contributed by atoms with Gasteiger partial charge in [-0.25, -0.2) is 9.78 Å². The van der Waals surface area contributed by atoms with Crippen LogP contribution in [0, 0.1) is 6.92 Å². The highest BCUT2D eigenvalue weighted by molar-refractivity contribution is 6.29. The lowest BCUT2D eigenvalue weighted by Gasteiger charge is -2.02. The van der Waals surface area contributed by atoms with E-state index in [0.717, 1.165) is 0 Å². The molecule has 0 spiro atoms. The van der Waals surface area contributed by atoms with Crippen molar-refractivity contribution in [3.05, 3.63) is 22.7 Å². The van der Waals surface area contributed by atoms with Gasteiger partial charge in [0.25, 0.3) is 0 Å². The fourth-order valence-corrected chi connectivity index (χ4v) is 0.954. The van der Waals surface area contributed by atoms with Gasteiger partial charge in [-0.2, -0.15) is 0 Å². The fraction of sp³-hybridized carbons (Fsp3) is 0.375. The third-order valence-electron chi connectivity index (χ3n) is 1.39. The lowest BCUT2D eigenvalue weighted by atomic mass is 10.3. The maximum atomic E-state index is 11.2. The number of aryl methyl sites for hydroxylation is 1. The Labute approximate surface area is 80.9 Å². The van der Waals surface area contributed by atoms with E-state index in [1.54, 1.807) is 13.8 Å². The Bertz CT molecular complexity index is 328. The van der Waals surface area contributed by atoms with Crippen LogP contribution in [0.15, 0.2) is 6.20 Å². The highest BCUT2D eigenvalue weighted by Gasteiger charge is 2.12. The number of esters is 1. The Kier molecular flexibility index (Phi) is 3.19. The summed E-state index contributed by atoms with van der Waals surface area (Å²) >= 11 is 5.58. The lowest BCUT2D eigenvalue weighted by Crippen LogP contribution is -2.10. The van der Waals surface area contributed by atoms with E-state index in [0.29, 0.717) is 12.3 Å². The average Bonchev–Trinajstić information content (AvgIpc) is 2.09. The van der Waals surface area contributed by atoms with Crippen LogP contribution in [0.4, 0.5) is 0 Å². The average molecular weight is 201 g/mol. The zero-order valence-electron chi connectivity index (χ0n) is 7.37. The summed E-state index contributed by atoms with van der Waals surface area (Å²) in [6.07, 6.45) is 1.39. The van der Waals surface area contributed by atoms with Gasteiger partial charge in [-0.15, -0.1) is 0 Å². The first-order valence-corrected chi connectivity index (χ1v) is 4.19. The third kappa shape index (κ3) is 2.39. The molecule has 5 heteroatoms. The van der Waals surface area contributed by atoms with Gasteiger partial charge in [0.15, 0.2) is 5.69 Å². The number of nitrogens with zero attached hydrogens (tertiary/aromatic N) is 2. The van der Waals surface area contributed by atoms with Gasteiger partial charge in [-0.05, 0) is 13.8 Å². The number of carbonyl (C=O) groups is 1. The highest BCUT2D eigenvalue weighted by Crippen LogP contribution is 2.08. The van der Waals surface area contributed by atoms with Crippen LogP contribution >= 0.6 is 11.6 Å². The summed E-state index contributed by atoms with van der Waals surface area (Å²) in [4.78, 5) is 18.9. The first-order chi connectivity index (χ1) is 6.15. The molecule has 0 unspecified atom stereocenters. The molecule has 0 fully saturated rings. The molecule has 70 valence electrons. The first-order valence-electron chi connectivity index (χ1n) is 3.81. The van der Waals surface area contributed by atoms with Crippen LogP contribution in [0.3, 0.4) is 0 Å². The molecule has 0 saturated carbocycles. The van der Waals surface area contributed by atoms with Gasteiger partial charge < -0.3 is 4.74 Å². The monoisotopic (exact) mass is 200 g/mol. The van der Waals surface area contributed by atoms with Gasteiger partial charge in [0.05, 0.1) is 18.5 Å². The lowest BCUT2D eigenvalue weighted by molar-refractivity contribution is 0.0518. The Morgan fingerprint density at radius 3 is 3.00 bits per heavy atom. The molecule has 0 saturated heterocycles. The van der Waals surface area contributed by atoms with E-state index in [1.165, 1.54) is 6.20 Å². The molecule has 1 rings (SSSR count). The van der Waals surface area contributed by atoms with Gasteiger partial charge in [0, 0.05) is 0 Å². The molecule has 0 N–H and O–H groups in total. The molecule has 0 bridgehead atoms. The zero-order chi connectivity index (χ0) is 9.84. The van der Waals surface area contributed by atoms with Crippen molar-refractivity contribution in [2.24, 2.45) is 0 Å². The molecule has 0 amide bonds. The van der Waals surface area contributed by atoms with Crippen LogP contribution < -0.4 is 0 Å². The molecule has 1 heterocycles. The SMILES string of the molecule is CCOC(=O)c1nc(Cl)cnc1C. The second-order valence-corrected chi connectivity index (χ2v) is 2.73. The number of halogens is 1. The van der Waals surface area contributed by atoms with Gasteiger partial charge in [-0.1, -0.05) is 11.6 Å². The summed E-state index contributed by atoms with van der Waals surface area (Å²) in [5.74, 6) is -0.491. The summed E-state index contributed by atoms with van der Waals surface area (Å²) in [5, 5.41) is 0.189. The Morgan fingerprint density at radius 1 is 1.69 bits per heavy atom. The maximum Gasteiger partial charge on any atom is 0.358 e. The van der Waals surface area contributed by atoms with E-state index in [4.69, 9.17) is 16.3 Å². The van der Waals surface area contributed by atoms with Crippen molar-refractivity contribution in [3.8, 4) is 0 Å². The van der Waals surface area contributed by atoms with Crippen LogP contribution in [-0.4, -0.2) is 22.5 Å². The molecule has 0 radical (unpaired) electrons. The van der Waals surface area contributed by atoms with Crippen molar-refractivity contribution in [2.75, 3.05) is 6.61 Å². The summed E-state index contributed by atoms with van der Waals surface area (Å²) in [7, 11) is 0. The topological polar surface area (TPSA) is 52.1 Å². The minimum atomic E-state index is -0.491. The molecular weight excluding hydrogens is 192 g/mol. The standard InChI is InChI=1S/C8H9ClN2O2/c1-3-13-8(12)7-5(2)10-4-6(9)11-7/h4H,3H2,1-2H3. The van der Waals surface area contributed by atoms with E-state index in [2.05, 4.69) is 9.97 Å². The summed E-state index contributed by atoms with van der Waals surface area (Å²) in [6.45, 7) is 3.72. The predicted molar refractivity (Wildman–Crippen MR) is 47.7 cm³/mol. The minimum absolute atomic E-state index is 0.175. The Hall–Kier alpha value is -1.16.